The fourth-order valence-corrected chi connectivity index (χ4v) is 3.54. The van der Waals surface area contributed by atoms with Crippen LogP contribution in [0.5, 0.6) is 0 Å². The minimum atomic E-state index is -0.152. The number of para-hydroxylation sites is 1. The third-order valence-corrected chi connectivity index (χ3v) is 5.15. The van der Waals surface area contributed by atoms with Crippen LogP contribution in [0.1, 0.15) is 6.92 Å². The van der Waals surface area contributed by atoms with E-state index < -0.39 is 0 Å². The van der Waals surface area contributed by atoms with E-state index in [0.717, 1.165) is 31.3 Å². The fourth-order valence-electron chi connectivity index (χ4n) is 2.67. The minimum absolute atomic E-state index is 0.152. The first-order valence-corrected chi connectivity index (χ1v) is 8.62. The normalized spacial score (nSPS) is 16.4. The zero-order chi connectivity index (χ0) is 16.2. The van der Waals surface area contributed by atoms with Crippen LogP contribution in [-0.4, -0.2) is 57.0 Å². The first kappa shape index (κ1) is 15.9. The molecule has 2 heterocycles. The van der Waals surface area contributed by atoms with Crippen LogP contribution in [0.15, 0.2) is 41.8 Å². The number of carbonyl (C=O) groups is 1. The molecule has 3 rings (SSSR count). The van der Waals surface area contributed by atoms with E-state index in [2.05, 4.69) is 27.2 Å². The van der Waals surface area contributed by atoms with Gasteiger partial charge in [-0.15, -0.1) is 10.2 Å². The number of amides is 1. The molecule has 0 N–H and O–H groups in total. The Morgan fingerprint density at radius 2 is 1.87 bits per heavy atom. The van der Waals surface area contributed by atoms with Gasteiger partial charge in [0.25, 0.3) is 0 Å². The van der Waals surface area contributed by atoms with Gasteiger partial charge in [0.1, 0.15) is 6.33 Å². The second-order valence-corrected chi connectivity index (χ2v) is 6.94. The topological polar surface area (TPSA) is 54.3 Å². The second-order valence-electron chi connectivity index (χ2n) is 5.63. The van der Waals surface area contributed by atoms with Gasteiger partial charge >= 0.3 is 0 Å². The smallest absolute Gasteiger partial charge is 0.236 e. The molecule has 122 valence electrons. The summed E-state index contributed by atoms with van der Waals surface area (Å²) in [5, 5.41) is 8.50. The molecule has 1 aromatic heterocycles. The van der Waals surface area contributed by atoms with E-state index >= 15 is 0 Å². The Kier molecular flexibility index (Phi) is 4.85. The third kappa shape index (κ3) is 3.67. The lowest BCUT2D eigenvalue weighted by atomic mass is 10.2. The number of hydrogen-bond donors (Lipinski definition) is 0. The third-order valence-electron chi connectivity index (χ3n) is 4.01. The molecule has 0 radical (unpaired) electrons. The average molecular weight is 331 g/mol. The summed E-state index contributed by atoms with van der Waals surface area (Å²) in [5.41, 5.74) is 1.22. The number of aryl methyl sites for hydroxylation is 1. The van der Waals surface area contributed by atoms with Gasteiger partial charge in [-0.3, -0.25) is 4.79 Å². The van der Waals surface area contributed by atoms with E-state index in [1.807, 2.05) is 41.6 Å². The van der Waals surface area contributed by atoms with Crippen molar-refractivity contribution in [2.75, 3.05) is 31.1 Å². The number of carbonyl (C=O) groups excluding carboxylic acids is 1. The number of benzene rings is 1. The maximum atomic E-state index is 12.6. The van der Waals surface area contributed by atoms with Gasteiger partial charge in [-0.05, 0) is 19.1 Å². The van der Waals surface area contributed by atoms with Crippen LogP contribution < -0.4 is 4.90 Å². The Balaban J connectivity index is 1.55. The second kappa shape index (κ2) is 7.04. The molecule has 23 heavy (non-hydrogen) atoms. The van der Waals surface area contributed by atoms with Crippen molar-refractivity contribution in [1.29, 1.82) is 0 Å². The summed E-state index contributed by atoms with van der Waals surface area (Å²) in [6, 6.07) is 10.3. The van der Waals surface area contributed by atoms with Crippen LogP contribution in [0.4, 0.5) is 5.69 Å². The van der Waals surface area contributed by atoms with Crippen molar-refractivity contribution in [3.8, 4) is 0 Å². The number of anilines is 1. The molecule has 1 amide bonds. The van der Waals surface area contributed by atoms with Crippen LogP contribution in [0.25, 0.3) is 0 Å². The SMILES string of the molecule is CC(Sc1nncn1C)C(=O)N1CCN(c2ccccc2)CC1. The fraction of sp³-hybridized carbons (Fsp3) is 0.438. The monoisotopic (exact) mass is 331 g/mol. The molecule has 0 spiro atoms. The van der Waals surface area contributed by atoms with Gasteiger partial charge in [-0.25, -0.2) is 0 Å². The quantitative estimate of drug-likeness (QED) is 0.797. The average Bonchev–Trinajstić information content (AvgIpc) is 3.00. The number of hydrogen-bond acceptors (Lipinski definition) is 5. The molecule has 0 aliphatic carbocycles. The van der Waals surface area contributed by atoms with Crippen molar-refractivity contribution in [1.82, 2.24) is 19.7 Å². The van der Waals surface area contributed by atoms with Crippen LogP contribution in [-0.2, 0) is 11.8 Å². The highest BCUT2D eigenvalue weighted by atomic mass is 32.2. The summed E-state index contributed by atoms with van der Waals surface area (Å²) in [7, 11) is 1.89. The van der Waals surface area contributed by atoms with Gasteiger partial charge in [-0.1, -0.05) is 30.0 Å². The van der Waals surface area contributed by atoms with Crippen molar-refractivity contribution in [2.45, 2.75) is 17.3 Å². The molecule has 1 aromatic carbocycles. The molecule has 0 saturated carbocycles. The lowest BCUT2D eigenvalue weighted by Crippen LogP contribution is -2.50. The maximum absolute atomic E-state index is 12.6. The molecule has 7 heteroatoms. The number of rotatable bonds is 4. The largest absolute Gasteiger partial charge is 0.368 e. The van der Waals surface area contributed by atoms with Crippen molar-refractivity contribution < 1.29 is 4.79 Å². The Morgan fingerprint density at radius 1 is 1.17 bits per heavy atom. The number of piperazine rings is 1. The molecule has 0 bridgehead atoms. The van der Waals surface area contributed by atoms with Crippen molar-refractivity contribution in [2.24, 2.45) is 7.05 Å². The zero-order valence-corrected chi connectivity index (χ0v) is 14.2. The number of thioether (sulfide) groups is 1. The van der Waals surface area contributed by atoms with Crippen molar-refractivity contribution >= 4 is 23.4 Å². The maximum Gasteiger partial charge on any atom is 0.236 e. The molecule has 1 aliphatic heterocycles. The highest BCUT2D eigenvalue weighted by Crippen LogP contribution is 2.23. The van der Waals surface area contributed by atoms with Crippen LogP contribution >= 0.6 is 11.8 Å². The van der Waals surface area contributed by atoms with E-state index in [0.29, 0.717) is 0 Å². The summed E-state index contributed by atoms with van der Waals surface area (Å²) < 4.78 is 1.84. The standard InChI is InChI=1S/C16H21N5OS/c1-13(23-16-18-17-12-19(16)2)15(22)21-10-8-20(9-11-21)14-6-4-3-5-7-14/h3-7,12-13H,8-11H2,1-2H3. The van der Waals surface area contributed by atoms with Crippen molar-refractivity contribution in [3.63, 3.8) is 0 Å². The summed E-state index contributed by atoms with van der Waals surface area (Å²) in [6.45, 7) is 5.20. The minimum Gasteiger partial charge on any atom is -0.368 e. The molecular weight excluding hydrogens is 310 g/mol. The summed E-state index contributed by atoms with van der Waals surface area (Å²) in [4.78, 5) is 16.9. The predicted octanol–water partition coefficient (Wildman–Crippen LogP) is 1.64. The number of aromatic nitrogens is 3. The Hall–Kier alpha value is -2.02. The van der Waals surface area contributed by atoms with Crippen LogP contribution in [0, 0.1) is 0 Å². The molecule has 1 aliphatic rings. The number of nitrogens with zero attached hydrogens (tertiary/aromatic N) is 5. The molecular formula is C16H21N5OS. The first-order valence-electron chi connectivity index (χ1n) is 7.74. The van der Waals surface area contributed by atoms with E-state index in [1.54, 1.807) is 6.33 Å². The summed E-state index contributed by atoms with van der Waals surface area (Å²) >= 11 is 1.46. The van der Waals surface area contributed by atoms with Gasteiger partial charge in [-0.2, -0.15) is 0 Å². The lowest BCUT2D eigenvalue weighted by Gasteiger charge is -2.37. The van der Waals surface area contributed by atoms with E-state index in [-0.39, 0.29) is 11.2 Å². The highest BCUT2D eigenvalue weighted by Gasteiger charge is 2.26. The molecule has 1 saturated heterocycles. The molecule has 1 fully saturated rings. The van der Waals surface area contributed by atoms with E-state index in [4.69, 9.17) is 0 Å². The Bertz CT molecular complexity index is 652. The summed E-state index contributed by atoms with van der Waals surface area (Å²) in [6.07, 6.45) is 1.65. The Morgan fingerprint density at radius 3 is 2.48 bits per heavy atom. The van der Waals surface area contributed by atoms with Gasteiger partial charge < -0.3 is 14.4 Å². The van der Waals surface area contributed by atoms with Gasteiger partial charge in [0.2, 0.25) is 5.91 Å². The van der Waals surface area contributed by atoms with Gasteiger partial charge in [0.05, 0.1) is 5.25 Å². The van der Waals surface area contributed by atoms with Crippen molar-refractivity contribution in [3.05, 3.63) is 36.7 Å². The van der Waals surface area contributed by atoms with Gasteiger partial charge in [0, 0.05) is 38.9 Å². The molecule has 1 unspecified atom stereocenters. The van der Waals surface area contributed by atoms with Gasteiger partial charge in [0.15, 0.2) is 5.16 Å². The first-order chi connectivity index (χ1) is 11.1. The highest BCUT2D eigenvalue weighted by molar-refractivity contribution is 8.00. The summed E-state index contributed by atoms with van der Waals surface area (Å²) in [5.74, 6) is 0.172. The Labute approximate surface area is 140 Å². The van der Waals surface area contributed by atoms with Crippen LogP contribution in [0.3, 0.4) is 0 Å². The van der Waals surface area contributed by atoms with E-state index in [9.17, 15) is 4.79 Å². The predicted molar refractivity (Wildman–Crippen MR) is 91.6 cm³/mol. The zero-order valence-electron chi connectivity index (χ0n) is 13.4. The molecule has 2 aromatic rings. The van der Waals surface area contributed by atoms with Crippen LogP contribution in [0.2, 0.25) is 0 Å². The molecule has 1 atom stereocenters. The lowest BCUT2D eigenvalue weighted by molar-refractivity contribution is -0.130. The molecule has 6 nitrogen and oxygen atoms in total. The van der Waals surface area contributed by atoms with E-state index in [1.165, 1.54) is 17.4 Å².